The first-order chi connectivity index (χ1) is 28.4. The molecule has 3 aliphatic carbocycles. The van der Waals surface area contributed by atoms with Gasteiger partial charge in [-0.3, -0.25) is 14.6 Å². The maximum atomic E-state index is 16.1. The standard InChI is InChI=1S/C44H48BF3N4O8/c1-42(2,3)58-41(55)35-29(46)14-13-25(38(35)56-7)17-33(45-59-32-20-27-19-31(43(27,4)5)44(32,6)60-45)51-40(54)37(52-39(53)26-15-16-49-34(48)18-26)36-30(47)21-28(22-50-36)57-23-24-11-9-8-10-12-24/h8-16,18,21-22,27,31-33,37H,17,19-20,23H2,1-7H3,(H,51,54)(H,52,53)/t27-,31-,32+,33?,37?,44-/m0/s1. The molecule has 60 heavy (non-hydrogen) atoms. The third kappa shape index (κ3) is 8.57. The van der Waals surface area contributed by atoms with Crippen molar-refractivity contribution < 1.29 is 51.1 Å². The quantitative estimate of drug-likeness (QED) is 0.0829. The molecule has 4 aliphatic rings. The molecule has 3 saturated carbocycles. The van der Waals surface area contributed by atoms with Crippen molar-refractivity contribution in [3.05, 3.63) is 119 Å². The maximum Gasteiger partial charge on any atom is 0.482 e. The number of benzene rings is 2. The molecule has 2 aromatic heterocycles. The number of carbonyl (C=O) groups is 3. The Labute approximate surface area is 347 Å². The summed E-state index contributed by atoms with van der Waals surface area (Å²) in [6, 6.07) is 13.1. The molecule has 4 aromatic rings. The molecule has 2 N–H and O–H groups in total. The number of halogens is 3. The van der Waals surface area contributed by atoms with Crippen molar-refractivity contribution in [2.75, 3.05) is 7.11 Å². The Morgan fingerprint density at radius 3 is 2.38 bits per heavy atom. The first kappa shape index (κ1) is 42.6. The highest BCUT2D eigenvalue weighted by molar-refractivity contribution is 6.48. The topological polar surface area (TPSA) is 147 Å². The molecule has 1 aliphatic heterocycles. The minimum Gasteiger partial charge on any atom is -0.495 e. The summed E-state index contributed by atoms with van der Waals surface area (Å²) in [6.45, 7) is 11.4. The summed E-state index contributed by atoms with van der Waals surface area (Å²) >= 11 is 0. The first-order valence-corrected chi connectivity index (χ1v) is 19.8. The maximum absolute atomic E-state index is 16.1. The molecule has 3 heterocycles. The molecule has 8 rings (SSSR count). The molecule has 2 aromatic carbocycles. The molecule has 2 bridgehead atoms. The zero-order chi connectivity index (χ0) is 43.1. The van der Waals surface area contributed by atoms with E-state index < -0.39 is 76.9 Å². The van der Waals surface area contributed by atoms with Gasteiger partial charge in [-0.2, -0.15) is 4.39 Å². The van der Waals surface area contributed by atoms with Crippen LogP contribution >= 0.6 is 0 Å². The van der Waals surface area contributed by atoms with Gasteiger partial charge < -0.3 is 34.2 Å². The van der Waals surface area contributed by atoms with Crippen LogP contribution in [0.3, 0.4) is 0 Å². The lowest BCUT2D eigenvalue weighted by molar-refractivity contribution is -0.199. The summed E-state index contributed by atoms with van der Waals surface area (Å²) in [6.07, 6.45) is 3.49. The zero-order valence-corrected chi connectivity index (χ0v) is 34.5. The molecular formula is C44H48BF3N4O8. The Bertz CT molecular complexity index is 2280. The van der Waals surface area contributed by atoms with Crippen molar-refractivity contribution in [3.63, 3.8) is 0 Å². The van der Waals surface area contributed by atoms with E-state index in [0.717, 1.165) is 42.8 Å². The van der Waals surface area contributed by atoms with Crippen LogP contribution in [0.5, 0.6) is 11.5 Å². The van der Waals surface area contributed by atoms with E-state index in [9.17, 15) is 18.8 Å². The molecule has 6 atom stereocenters. The average Bonchev–Trinajstić information content (AvgIpc) is 3.56. The molecule has 4 fully saturated rings. The number of rotatable bonds is 13. The number of pyridine rings is 2. The van der Waals surface area contributed by atoms with Gasteiger partial charge >= 0.3 is 13.1 Å². The van der Waals surface area contributed by atoms with Crippen LogP contribution in [0.2, 0.25) is 0 Å². The van der Waals surface area contributed by atoms with Gasteiger partial charge in [0, 0.05) is 23.9 Å². The Balaban J connectivity index is 1.24. The second kappa shape index (κ2) is 16.5. The highest BCUT2D eigenvalue weighted by atomic mass is 19.1. The van der Waals surface area contributed by atoms with Gasteiger partial charge in [0.1, 0.15) is 40.8 Å². The van der Waals surface area contributed by atoms with Gasteiger partial charge in [0.2, 0.25) is 11.9 Å². The van der Waals surface area contributed by atoms with Crippen LogP contribution in [0.1, 0.15) is 98.0 Å². The molecule has 0 spiro atoms. The van der Waals surface area contributed by atoms with Crippen molar-refractivity contribution >= 4 is 24.9 Å². The number of hydrogen-bond acceptors (Lipinski definition) is 10. The third-order valence-corrected chi connectivity index (χ3v) is 12.0. The van der Waals surface area contributed by atoms with E-state index >= 15 is 8.78 Å². The Morgan fingerprint density at radius 1 is 0.967 bits per heavy atom. The van der Waals surface area contributed by atoms with Crippen LogP contribution in [0.4, 0.5) is 13.2 Å². The summed E-state index contributed by atoms with van der Waals surface area (Å²) in [5.41, 5.74) is -1.69. The van der Waals surface area contributed by atoms with Crippen molar-refractivity contribution in [2.24, 2.45) is 17.3 Å². The number of amides is 2. The first-order valence-electron chi connectivity index (χ1n) is 19.8. The van der Waals surface area contributed by atoms with E-state index in [1.165, 1.54) is 25.4 Å². The van der Waals surface area contributed by atoms with E-state index in [4.69, 9.17) is 23.5 Å². The summed E-state index contributed by atoms with van der Waals surface area (Å²) in [5, 5.41) is 5.40. The predicted molar refractivity (Wildman–Crippen MR) is 213 cm³/mol. The van der Waals surface area contributed by atoms with E-state index in [1.807, 2.05) is 37.3 Å². The molecule has 2 amide bonds. The van der Waals surface area contributed by atoms with Gasteiger partial charge in [0.15, 0.2) is 11.9 Å². The lowest BCUT2D eigenvalue weighted by Gasteiger charge is -2.64. The number of esters is 1. The molecule has 1 saturated heterocycles. The SMILES string of the molecule is COc1c(CC(NC(=O)C(NC(=O)c2ccnc(F)c2)c2ncc(OCc3ccccc3)cc2F)B2O[C@@H]3C[C@@H]4C[C@@H](C4(C)C)[C@]3(C)O2)ccc(F)c1C(=O)OC(C)(C)C. The van der Waals surface area contributed by atoms with Gasteiger partial charge in [-0.1, -0.05) is 50.2 Å². The van der Waals surface area contributed by atoms with Crippen molar-refractivity contribution in [1.29, 1.82) is 0 Å². The van der Waals surface area contributed by atoms with E-state index in [1.54, 1.807) is 20.8 Å². The number of nitrogens with one attached hydrogen (secondary N) is 2. The lowest BCUT2D eigenvalue weighted by Crippen LogP contribution is -2.65. The largest absolute Gasteiger partial charge is 0.495 e. The van der Waals surface area contributed by atoms with Crippen LogP contribution in [0, 0.1) is 34.8 Å². The highest BCUT2D eigenvalue weighted by Crippen LogP contribution is 2.65. The lowest BCUT2D eigenvalue weighted by atomic mass is 9.43. The highest BCUT2D eigenvalue weighted by Gasteiger charge is 2.68. The van der Waals surface area contributed by atoms with Gasteiger partial charge in [-0.05, 0) is 87.5 Å². The Morgan fingerprint density at radius 2 is 1.72 bits per heavy atom. The van der Waals surface area contributed by atoms with E-state index in [0.29, 0.717) is 11.5 Å². The van der Waals surface area contributed by atoms with Gasteiger partial charge in [-0.25, -0.2) is 18.6 Å². The molecule has 12 nitrogen and oxygen atoms in total. The van der Waals surface area contributed by atoms with Crippen LogP contribution in [0.25, 0.3) is 0 Å². The Kier molecular flexibility index (Phi) is 11.7. The normalized spacial score (nSPS) is 22.4. The summed E-state index contributed by atoms with van der Waals surface area (Å²) < 4.78 is 76.0. The van der Waals surface area contributed by atoms with Crippen LogP contribution in [-0.2, 0) is 31.9 Å². The van der Waals surface area contributed by atoms with Crippen LogP contribution in [-0.4, -0.2) is 65.2 Å². The number of aromatic nitrogens is 2. The van der Waals surface area contributed by atoms with Gasteiger partial charge in [0.25, 0.3) is 5.91 Å². The predicted octanol–water partition coefficient (Wildman–Crippen LogP) is 6.90. The van der Waals surface area contributed by atoms with E-state index in [2.05, 4.69) is 34.4 Å². The summed E-state index contributed by atoms with van der Waals surface area (Å²) in [7, 11) is 0.179. The van der Waals surface area contributed by atoms with Crippen LogP contribution in [0.15, 0.2) is 73.1 Å². The minimum absolute atomic E-state index is 0.0211. The van der Waals surface area contributed by atoms with Gasteiger partial charge in [-0.15, -0.1) is 0 Å². The average molecular weight is 829 g/mol. The second-order valence-corrected chi connectivity index (χ2v) is 17.4. The molecule has 2 unspecified atom stereocenters. The van der Waals surface area contributed by atoms with E-state index in [-0.39, 0.29) is 47.5 Å². The van der Waals surface area contributed by atoms with Crippen molar-refractivity contribution in [1.82, 2.24) is 20.6 Å². The second-order valence-electron chi connectivity index (χ2n) is 17.4. The third-order valence-electron chi connectivity index (χ3n) is 12.0. The fraction of sp³-hybridized carbons (Fsp3) is 0.432. The molecule has 0 radical (unpaired) electrons. The van der Waals surface area contributed by atoms with Crippen LogP contribution < -0.4 is 20.1 Å². The Hall–Kier alpha value is -5.48. The van der Waals surface area contributed by atoms with Crippen molar-refractivity contribution in [3.8, 4) is 11.5 Å². The number of ether oxygens (including phenoxy) is 3. The number of hydrogen-bond donors (Lipinski definition) is 2. The molecule has 316 valence electrons. The number of nitrogens with zero attached hydrogens (tertiary/aromatic N) is 2. The smallest absolute Gasteiger partial charge is 0.482 e. The number of carbonyl (C=O) groups excluding carboxylic acids is 3. The zero-order valence-electron chi connectivity index (χ0n) is 34.5. The molecule has 16 heteroatoms. The summed E-state index contributed by atoms with van der Waals surface area (Å²) in [5.74, 6) is -6.24. The fourth-order valence-electron chi connectivity index (χ4n) is 8.78. The van der Waals surface area contributed by atoms with Crippen molar-refractivity contribution in [2.45, 2.75) is 96.7 Å². The molecular weight excluding hydrogens is 780 g/mol. The summed E-state index contributed by atoms with van der Waals surface area (Å²) in [4.78, 5) is 49.3. The van der Waals surface area contributed by atoms with Gasteiger partial charge in [0.05, 0.1) is 31.0 Å². The fourth-order valence-corrected chi connectivity index (χ4v) is 8.78. The monoisotopic (exact) mass is 828 g/mol. The number of methoxy groups -OCH3 is 1. The minimum atomic E-state index is -1.79.